The highest BCUT2D eigenvalue weighted by Gasteiger charge is 2.41. The van der Waals surface area contributed by atoms with Gasteiger partial charge in [-0.2, -0.15) is 0 Å². The van der Waals surface area contributed by atoms with Gasteiger partial charge in [0.25, 0.3) is 0 Å². The molecule has 1 saturated heterocycles. The Balaban J connectivity index is 2.13. The van der Waals surface area contributed by atoms with Crippen LogP contribution in [0.1, 0.15) is 27.2 Å². The molecule has 0 aromatic carbocycles. The molecule has 1 rings (SSSR count). The molecule has 0 saturated carbocycles. The summed E-state index contributed by atoms with van der Waals surface area (Å²) in [5.74, 6) is 0. The molecule has 1 aliphatic heterocycles. The molecular weight excluding hydrogens is 142 g/mol. The van der Waals surface area contributed by atoms with Crippen LogP contribution in [0, 0.1) is 0 Å². The van der Waals surface area contributed by atoms with Crippen LogP contribution in [0.15, 0.2) is 0 Å². The molecule has 2 unspecified atom stereocenters. The van der Waals surface area contributed by atoms with Gasteiger partial charge in [0.2, 0.25) is 0 Å². The maximum absolute atomic E-state index is 5.54. The lowest BCUT2D eigenvalue weighted by atomic mass is 10.2. The largest absolute Gasteiger partial charge is 0.344 e. The third kappa shape index (κ3) is 3.18. The fourth-order valence-corrected chi connectivity index (χ4v) is 0.947. The van der Waals surface area contributed by atoms with Gasteiger partial charge in [0, 0.05) is 0 Å². The van der Waals surface area contributed by atoms with Crippen LogP contribution in [0.3, 0.4) is 0 Å². The Bertz CT molecular complexity index is 131. The lowest BCUT2D eigenvalue weighted by Gasteiger charge is -2.17. The van der Waals surface area contributed by atoms with Crippen LogP contribution >= 0.6 is 0 Å². The molecule has 0 bridgehead atoms. The SMILES string of the molecule is CC(C)(C)OC1OC1CCN. The van der Waals surface area contributed by atoms with Gasteiger partial charge in [-0.1, -0.05) is 0 Å². The van der Waals surface area contributed by atoms with Gasteiger partial charge in [0.1, 0.15) is 6.10 Å². The van der Waals surface area contributed by atoms with Crippen molar-refractivity contribution >= 4 is 0 Å². The summed E-state index contributed by atoms with van der Waals surface area (Å²) in [6, 6.07) is 0. The smallest absolute Gasteiger partial charge is 0.185 e. The average Bonchev–Trinajstić information content (AvgIpc) is 2.44. The normalized spacial score (nSPS) is 30.5. The monoisotopic (exact) mass is 159 g/mol. The summed E-state index contributed by atoms with van der Waals surface area (Å²) in [6.07, 6.45) is 1.15. The van der Waals surface area contributed by atoms with Crippen molar-refractivity contribution < 1.29 is 9.47 Å². The second-order valence-corrected chi connectivity index (χ2v) is 3.85. The Hall–Kier alpha value is -0.120. The Morgan fingerprint density at radius 2 is 2.09 bits per heavy atom. The predicted molar refractivity (Wildman–Crippen MR) is 43.2 cm³/mol. The first-order valence-corrected chi connectivity index (χ1v) is 4.06. The minimum absolute atomic E-state index is 0.00134. The van der Waals surface area contributed by atoms with Gasteiger partial charge in [-0.25, -0.2) is 0 Å². The van der Waals surface area contributed by atoms with E-state index < -0.39 is 0 Å². The molecule has 1 heterocycles. The lowest BCUT2D eigenvalue weighted by molar-refractivity contribution is -0.0570. The number of ether oxygens (including phenoxy) is 2. The second-order valence-electron chi connectivity index (χ2n) is 3.85. The molecule has 1 aliphatic rings. The zero-order valence-electron chi connectivity index (χ0n) is 7.46. The van der Waals surface area contributed by atoms with Gasteiger partial charge < -0.3 is 15.2 Å². The van der Waals surface area contributed by atoms with Crippen LogP contribution in [-0.4, -0.2) is 24.5 Å². The first-order chi connectivity index (χ1) is 5.03. The Labute approximate surface area is 67.9 Å². The van der Waals surface area contributed by atoms with Crippen molar-refractivity contribution in [2.75, 3.05) is 6.54 Å². The Kier molecular flexibility index (Phi) is 2.52. The van der Waals surface area contributed by atoms with E-state index in [0.29, 0.717) is 6.54 Å². The lowest BCUT2D eigenvalue weighted by Crippen LogP contribution is -2.22. The number of epoxide rings is 1. The first kappa shape index (κ1) is 8.97. The van der Waals surface area contributed by atoms with Crippen molar-refractivity contribution in [1.29, 1.82) is 0 Å². The van der Waals surface area contributed by atoms with E-state index in [9.17, 15) is 0 Å². The summed E-state index contributed by atoms with van der Waals surface area (Å²) < 4.78 is 10.8. The summed E-state index contributed by atoms with van der Waals surface area (Å²) in [5.41, 5.74) is 5.26. The Morgan fingerprint density at radius 3 is 2.55 bits per heavy atom. The standard InChI is InChI=1S/C8H17NO2/c1-8(2,3)11-7-6(10-7)4-5-9/h6-7H,4-5,9H2,1-3H3. The summed E-state index contributed by atoms with van der Waals surface area (Å²) in [5, 5.41) is 0. The van der Waals surface area contributed by atoms with Crippen molar-refractivity contribution in [3.05, 3.63) is 0 Å². The molecule has 3 nitrogen and oxygen atoms in total. The molecular formula is C8H17NO2. The van der Waals surface area contributed by atoms with Crippen molar-refractivity contribution in [2.24, 2.45) is 5.73 Å². The molecule has 1 fully saturated rings. The summed E-state index contributed by atoms with van der Waals surface area (Å²) >= 11 is 0. The predicted octanol–water partition coefficient (Wildman–Crippen LogP) is 0.875. The van der Waals surface area contributed by atoms with Crippen molar-refractivity contribution in [3.8, 4) is 0 Å². The highest BCUT2D eigenvalue weighted by molar-refractivity contribution is 4.79. The first-order valence-electron chi connectivity index (χ1n) is 4.06. The molecule has 0 aromatic rings. The molecule has 11 heavy (non-hydrogen) atoms. The van der Waals surface area contributed by atoms with Gasteiger partial charge in [-0.05, 0) is 33.7 Å². The molecule has 0 spiro atoms. The van der Waals surface area contributed by atoms with Crippen molar-refractivity contribution in [2.45, 2.75) is 45.2 Å². The van der Waals surface area contributed by atoms with Gasteiger partial charge in [0.15, 0.2) is 6.29 Å². The third-order valence-corrected chi connectivity index (χ3v) is 1.46. The zero-order valence-corrected chi connectivity index (χ0v) is 7.46. The van der Waals surface area contributed by atoms with Crippen molar-refractivity contribution in [1.82, 2.24) is 0 Å². The summed E-state index contributed by atoms with van der Waals surface area (Å²) in [4.78, 5) is 0. The maximum atomic E-state index is 5.54. The fourth-order valence-electron chi connectivity index (χ4n) is 0.947. The molecule has 3 heteroatoms. The highest BCUT2D eigenvalue weighted by Crippen LogP contribution is 2.29. The number of nitrogens with two attached hydrogens (primary N) is 1. The van der Waals surface area contributed by atoms with Crippen LogP contribution in [0.5, 0.6) is 0 Å². The molecule has 0 aromatic heterocycles. The fraction of sp³-hybridized carbons (Fsp3) is 1.00. The maximum Gasteiger partial charge on any atom is 0.185 e. The minimum Gasteiger partial charge on any atom is -0.344 e. The quantitative estimate of drug-likeness (QED) is 0.622. The zero-order chi connectivity index (χ0) is 8.48. The third-order valence-electron chi connectivity index (χ3n) is 1.46. The van der Waals surface area contributed by atoms with E-state index in [1.807, 2.05) is 20.8 Å². The van der Waals surface area contributed by atoms with E-state index in [4.69, 9.17) is 15.2 Å². The second kappa shape index (κ2) is 3.09. The average molecular weight is 159 g/mol. The number of hydrogen-bond donors (Lipinski definition) is 1. The van der Waals surface area contributed by atoms with E-state index in [2.05, 4.69) is 0 Å². The molecule has 66 valence electrons. The van der Waals surface area contributed by atoms with Gasteiger partial charge in [-0.3, -0.25) is 0 Å². The van der Waals surface area contributed by atoms with E-state index in [0.717, 1.165) is 6.42 Å². The van der Waals surface area contributed by atoms with Crippen LogP contribution < -0.4 is 5.73 Å². The van der Waals surface area contributed by atoms with Crippen LogP contribution in [0.2, 0.25) is 0 Å². The van der Waals surface area contributed by atoms with E-state index in [1.165, 1.54) is 0 Å². The Morgan fingerprint density at radius 1 is 1.45 bits per heavy atom. The van der Waals surface area contributed by atoms with E-state index in [1.54, 1.807) is 0 Å². The number of rotatable bonds is 3. The molecule has 2 N–H and O–H groups in total. The van der Waals surface area contributed by atoms with Crippen molar-refractivity contribution in [3.63, 3.8) is 0 Å². The van der Waals surface area contributed by atoms with Crippen LogP contribution in [-0.2, 0) is 9.47 Å². The number of hydrogen-bond acceptors (Lipinski definition) is 3. The summed E-state index contributed by atoms with van der Waals surface area (Å²) in [7, 11) is 0. The van der Waals surface area contributed by atoms with Crippen LogP contribution in [0.4, 0.5) is 0 Å². The van der Waals surface area contributed by atoms with Crippen LogP contribution in [0.25, 0.3) is 0 Å². The highest BCUT2D eigenvalue weighted by atomic mass is 16.8. The minimum atomic E-state index is -0.103. The summed E-state index contributed by atoms with van der Waals surface area (Å²) in [6.45, 7) is 6.74. The van der Waals surface area contributed by atoms with E-state index in [-0.39, 0.29) is 18.0 Å². The van der Waals surface area contributed by atoms with Gasteiger partial charge in [-0.15, -0.1) is 0 Å². The molecule has 0 amide bonds. The molecule has 2 atom stereocenters. The topological polar surface area (TPSA) is 47.8 Å². The van der Waals surface area contributed by atoms with Gasteiger partial charge >= 0.3 is 0 Å². The molecule has 0 radical (unpaired) electrons. The van der Waals surface area contributed by atoms with Gasteiger partial charge in [0.05, 0.1) is 5.60 Å². The molecule has 0 aliphatic carbocycles. The van der Waals surface area contributed by atoms with E-state index >= 15 is 0 Å².